The molecule has 0 N–H and O–H groups in total. The number of halogens is 1. The molecule has 1 aromatic heterocycles. The summed E-state index contributed by atoms with van der Waals surface area (Å²) >= 11 is 4.84. The molecule has 6 heteroatoms. The molecule has 0 fully saturated rings. The highest BCUT2D eigenvalue weighted by atomic mass is 79.9. The Hall–Kier alpha value is -0.200. The molecule has 74 valence electrons. The molecule has 1 aromatic rings. The summed E-state index contributed by atoms with van der Waals surface area (Å²) in [7, 11) is 6.14. The average molecular weight is 265 g/mol. The molecule has 0 saturated heterocycles. The Morgan fingerprint density at radius 3 is 2.38 bits per heavy atom. The van der Waals surface area contributed by atoms with Crippen molar-refractivity contribution in [1.82, 2.24) is 15.1 Å². The van der Waals surface area contributed by atoms with E-state index in [1.165, 1.54) is 0 Å². The summed E-state index contributed by atoms with van der Waals surface area (Å²) < 4.78 is 0.833. The summed E-state index contributed by atoms with van der Waals surface area (Å²) in [6.45, 7) is 1.99. The molecule has 0 aliphatic carbocycles. The molecule has 4 nitrogen and oxygen atoms in total. The minimum atomic E-state index is 0.833. The predicted octanol–water partition coefficient (Wildman–Crippen LogP) is 1.30. The second-order valence-corrected chi connectivity index (χ2v) is 5.29. The third kappa shape index (κ3) is 3.58. The molecule has 0 bridgehead atoms. The van der Waals surface area contributed by atoms with Gasteiger partial charge in [0.25, 0.3) is 0 Å². The maximum Gasteiger partial charge on any atom is 0.208 e. The molecule has 0 aliphatic rings. The SMILES string of the molecule is CN(C)CCN(C)c1nnc(Br)s1. The molecule has 1 heterocycles. The van der Waals surface area contributed by atoms with Gasteiger partial charge in [0, 0.05) is 20.1 Å². The van der Waals surface area contributed by atoms with Gasteiger partial charge in [-0.2, -0.15) is 0 Å². The lowest BCUT2D eigenvalue weighted by molar-refractivity contribution is 0.416. The molecule has 0 amide bonds. The van der Waals surface area contributed by atoms with E-state index in [9.17, 15) is 0 Å². The van der Waals surface area contributed by atoms with Crippen LogP contribution in [0.2, 0.25) is 0 Å². The van der Waals surface area contributed by atoms with Crippen LogP contribution >= 0.6 is 27.3 Å². The van der Waals surface area contributed by atoms with Gasteiger partial charge in [-0.1, -0.05) is 11.3 Å². The minimum absolute atomic E-state index is 0.833. The van der Waals surface area contributed by atoms with Gasteiger partial charge in [0.2, 0.25) is 5.13 Å². The van der Waals surface area contributed by atoms with Crippen LogP contribution in [0.15, 0.2) is 3.92 Å². The van der Waals surface area contributed by atoms with Crippen LogP contribution < -0.4 is 4.90 Å². The zero-order valence-corrected chi connectivity index (χ0v) is 10.4. The maximum absolute atomic E-state index is 4.02. The average Bonchev–Trinajstić information content (AvgIpc) is 2.47. The van der Waals surface area contributed by atoms with E-state index >= 15 is 0 Å². The zero-order valence-electron chi connectivity index (χ0n) is 7.99. The number of hydrogen-bond donors (Lipinski definition) is 0. The molecule has 13 heavy (non-hydrogen) atoms. The molecule has 0 radical (unpaired) electrons. The predicted molar refractivity (Wildman–Crippen MR) is 59.4 cm³/mol. The number of anilines is 1. The molecule has 0 unspecified atom stereocenters. The van der Waals surface area contributed by atoms with Crippen LogP contribution in [0.5, 0.6) is 0 Å². The van der Waals surface area contributed by atoms with Crippen molar-refractivity contribution in [2.75, 3.05) is 39.1 Å². The van der Waals surface area contributed by atoms with Crippen molar-refractivity contribution >= 4 is 32.4 Å². The lowest BCUT2D eigenvalue weighted by Gasteiger charge is -2.17. The number of nitrogens with zero attached hydrogens (tertiary/aromatic N) is 4. The first-order chi connectivity index (χ1) is 6.09. The third-order valence-corrected chi connectivity index (χ3v) is 3.07. The first-order valence-corrected chi connectivity index (χ1v) is 5.55. The van der Waals surface area contributed by atoms with E-state index in [2.05, 4.69) is 50.0 Å². The Morgan fingerprint density at radius 1 is 1.23 bits per heavy atom. The number of likely N-dealkylation sites (N-methyl/N-ethyl adjacent to an activating group) is 2. The summed E-state index contributed by atoms with van der Waals surface area (Å²) in [5, 5.41) is 8.87. The van der Waals surface area contributed by atoms with Gasteiger partial charge in [0.05, 0.1) is 0 Å². The van der Waals surface area contributed by atoms with Gasteiger partial charge in [0.1, 0.15) is 0 Å². The van der Waals surface area contributed by atoms with E-state index in [1.807, 2.05) is 7.05 Å². The molecule has 0 aromatic carbocycles. The van der Waals surface area contributed by atoms with Gasteiger partial charge in [-0.05, 0) is 30.0 Å². The number of rotatable bonds is 4. The van der Waals surface area contributed by atoms with Crippen LogP contribution in [0.1, 0.15) is 0 Å². The summed E-state index contributed by atoms with van der Waals surface area (Å²) in [5.41, 5.74) is 0. The van der Waals surface area contributed by atoms with Gasteiger partial charge in [-0.25, -0.2) is 0 Å². The van der Waals surface area contributed by atoms with Crippen LogP contribution in [0.25, 0.3) is 0 Å². The topological polar surface area (TPSA) is 32.3 Å². The zero-order chi connectivity index (χ0) is 9.84. The van der Waals surface area contributed by atoms with Gasteiger partial charge in [-0.3, -0.25) is 0 Å². The van der Waals surface area contributed by atoms with E-state index in [0.717, 1.165) is 22.1 Å². The Kier molecular flexibility index (Phi) is 4.08. The third-order valence-electron chi connectivity index (χ3n) is 1.60. The second kappa shape index (κ2) is 4.88. The number of hydrogen-bond acceptors (Lipinski definition) is 5. The normalized spacial score (nSPS) is 10.8. The van der Waals surface area contributed by atoms with Crippen LogP contribution in [-0.4, -0.2) is 49.3 Å². The molecule has 0 spiro atoms. The Balaban J connectivity index is 2.44. The quantitative estimate of drug-likeness (QED) is 0.821. The van der Waals surface area contributed by atoms with Crippen molar-refractivity contribution < 1.29 is 0 Å². The highest BCUT2D eigenvalue weighted by Crippen LogP contribution is 2.22. The summed E-state index contributed by atoms with van der Waals surface area (Å²) in [5.74, 6) is 0. The van der Waals surface area contributed by atoms with Gasteiger partial charge < -0.3 is 9.80 Å². The lowest BCUT2D eigenvalue weighted by Crippen LogP contribution is -2.28. The summed E-state index contributed by atoms with van der Waals surface area (Å²) in [6, 6.07) is 0. The van der Waals surface area contributed by atoms with E-state index in [1.54, 1.807) is 11.3 Å². The van der Waals surface area contributed by atoms with Crippen molar-refractivity contribution in [3.05, 3.63) is 3.92 Å². The Labute approximate surface area is 90.7 Å². The van der Waals surface area contributed by atoms with Crippen LogP contribution in [0, 0.1) is 0 Å². The molecular formula is C7H13BrN4S. The summed E-state index contributed by atoms with van der Waals surface area (Å²) in [4.78, 5) is 4.25. The molecule has 0 saturated carbocycles. The van der Waals surface area contributed by atoms with Gasteiger partial charge >= 0.3 is 0 Å². The highest BCUT2D eigenvalue weighted by molar-refractivity contribution is 9.11. The van der Waals surface area contributed by atoms with Crippen molar-refractivity contribution in [1.29, 1.82) is 0 Å². The molecule has 0 atom stereocenters. The Morgan fingerprint density at radius 2 is 1.92 bits per heavy atom. The molecule has 1 rings (SSSR count). The summed E-state index contributed by atoms with van der Waals surface area (Å²) in [6.07, 6.45) is 0. The highest BCUT2D eigenvalue weighted by Gasteiger charge is 2.06. The van der Waals surface area contributed by atoms with Crippen LogP contribution in [0.4, 0.5) is 5.13 Å². The van der Waals surface area contributed by atoms with Crippen LogP contribution in [0.3, 0.4) is 0 Å². The largest absolute Gasteiger partial charge is 0.348 e. The fraction of sp³-hybridized carbons (Fsp3) is 0.714. The van der Waals surface area contributed by atoms with Crippen molar-refractivity contribution in [3.63, 3.8) is 0 Å². The standard InChI is InChI=1S/C7H13BrN4S/c1-11(2)4-5-12(3)7-10-9-6(8)13-7/h4-5H2,1-3H3. The first kappa shape index (κ1) is 10.9. The fourth-order valence-corrected chi connectivity index (χ4v) is 1.87. The van der Waals surface area contributed by atoms with Crippen molar-refractivity contribution in [2.45, 2.75) is 0 Å². The van der Waals surface area contributed by atoms with Crippen molar-refractivity contribution in [3.8, 4) is 0 Å². The smallest absolute Gasteiger partial charge is 0.208 e. The van der Waals surface area contributed by atoms with Crippen LogP contribution in [-0.2, 0) is 0 Å². The van der Waals surface area contributed by atoms with E-state index in [4.69, 9.17) is 0 Å². The second-order valence-electron chi connectivity index (χ2n) is 3.06. The monoisotopic (exact) mass is 264 g/mol. The van der Waals surface area contributed by atoms with Gasteiger partial charge in [0.15, 0.2) is 3.92 Å². The minimum Gasteiger partial charge on any atom is -0.348 e. The lowest BCUT2D eigenvalue weighted by atomic mass is 10.5. The first-order valence-electron chi connectivity index (χ1n) is 3.94. The fourth-order valence-electron chi connectivity index (χ4n) is 0.798. The number of aromatic nitrogens is 2. The van der Waals surface area contributed by atoms with Gasteiger partial charge in [-0.15, -0.1) is 10.2 Å². The molecular weight excluding hydrogens is 252 g/mol. The maximum atomic E-state index is 4.02. The van der Waals surface area contributed by atoms with Crippen molar-refractivity contribution in [2.24, 2.45) is 0 Å². The Bertz CT molecular complexity index is 263. The van der Waals surface area contributed by atoms with E-state index < -0.39 is 0 Å². The molecule has 0 aliphatic heterocycles. The van der Waals surface area contributed by atoms with E-state index in [-0.39, 0.29) is 0 Å². The van der Waals surface area contributed by atoms with E-state index in [0.29, 0.717) is 0 Å².